The van der Waals surface area contributed by atoms with Crippen molar-refractivity contribution in [1.29, 1.82) is 0 Å². The maximum absolute atomic E-state index is 12.5. The molecule has 0 bridgehead atoms. The number of ketones is 1. The van der Waals surface area contributed by atoms with E-state index in [0.29, 0.717) is 3.57 Å². The van der Waals surface area contributed by atoms with Crippen LogP contribution in [-0.4, -0.2) is 56.1 Å². The molecule has 0 radical (unpaired) electrons. The van der Waals surface area contributed by atoms with Crippen molar-refractivity contribution in [2.75, 3.05) is 6.61 Å². The molecule has 0 fully saturated rings. The van der Waals surface area contributed by atoms with Crippen LogP contribution in [0, 0.1) is 3.57 Å². The molecule has 0 spiro atoms. The quantitative estimate of drug-likeness (QED) is 0.219. The lowest BCUT2D eigenvalue weighted by atomic mass is 9.80. The Kier molecular flexibility index (Phi) is 6.80. The first kappa shape index (κ1) is 19.4. The minimum Gasteiger partial charge on any atom is -0.394 e. The predicted molar refractivity (Wildman–Crippen MR) is 91.9 cm³/mol. The Hall–Kier alpha value is -0.690. The van der Waals surface area contributed by atoms with E-state index >= 15 is 0 Å². The first-order valence-corrected chi connectivity index (χ1v) is 7.70. The van der Waals surface area contributed by atoms with Crippen LogP contribution in [0.1, 0.15) is 5.56 Å². The van der Waals surface area contributed by atoms with Crippen LogP contribution in [0.15, 0.2) is 24.3 Å². The van der Waals surface area contributed by atoms with Crippen LogP contribution in [0.4, 0.5) is 0 Å². The van der Waals surface area contributed by atoms with E-state index < -0.39 is 41.2 Å². The van der Waals surface area contributed by atoms with Gasteiger partial charge in [0.25, 0.3) is 0 Å². The van der Waals surface area contributed by atoms with Gasteiger partial charge in [-0.05, 0) is 28.7 Å². The number of Topliss-reactive ketones (excluding diaryl/α,β-unsaturated/α-hetero) is 1. The molecule has 7 nitrogen and oxygen atoms in total. The van der Waals surface area contributed by atoms with Gasteiger partial charge >= 0.3 is 0 Å². The lowest BCUT2D eigenvalue weighted by molar-refractivity contribution is -0.159. The Bertz CT molecular complexity index is 573. The second kappa shape index (κ2) is 7.73. The zero-order chi connectivity index (χ0) is 17.1. The third-order valence-electron chi connectivity index (χ3n) is 3.25. The minimum absolute atomic E-state index is 0.0627. The second-order valence-electron chi connectivity index (χ2n) is 4.68. The van der Waals surface area contributed by atoms with Gasteiger partial charge in [-0.25, -0.2) is 0 Å². The highest BCUT2D eigenvalue weighted by atomic mass is 127. The van der Waals surface area contributed by atoms with E-state index in [0.717, 1.165) is 0 Å². The molecule has 0 saturated heterocycles. The van der Waals surface area contributed by atoms with Crippen LogP contribution in [0.3, 0.4) is 0 Å². The second-order valence-corrected chi connectivity index (χ2v) is 6.32. The maximum Gasteiger partial charge on any atom is 0.191 e. The number of aliphatic hydroxyl groups excluding tert-OH is 3. The van der Waals surface area contributed by atoms with Crippen LogP contribution in [0.25, 0.3) is 0 Å². The van der Waals surface area contributed by atoms with Gasteiger partial charge in [-0.1, -0.05) is 30.4 Å². The van der Waals surface area contributed by atoms with Crippen LogP contribution >= 0.6 is 34.8 Å². The topological polar surface area (TPSA) is 150 Å². The highest BCUT2D eigenvalue weighted by Crippen LogP contribution is 2.31. The van der Waals surface area contributed by atoms with Crippen LogP contribution in [0.2, 0.25) is 0 Å². The van der Waals surface area contributed by atoms with Gasteiger partial charge in [-0.3, -0.25) is 4.79 Å². The standard InChI is InChI=1S/C13H17IN2O5S/c14-7-4-2-1-3-6(7)13(21,8(18)5-17)11(20)9(15)10(19)12(16)22/h1-4,8-10,17-19,21H,5,15H2,(H2,16,22)/t8-,9+,10?,13-/m1/s1. The van der Waals surface area contributed by atoms with Crippen LogP contribution < -0.4 is 11.5 Å². The Morgan fingerprint density at radius 2 is 1.91 bits per heavy atom. The lowest BCUT2D eigenvalue weighted by Gasteiger charge is -2.34. The predicted octanol–water partition coefficient (Wildman–Crippen LogP) is -1.62. The molecule has 0 aliphatic rings. The molecule has 9 heteroatoms. The molecule has 0 saturated carbocycles. The van der Waals surface area contributed by atoms with Crippen molar-refractivity contribution in [3.8, 4) is 0 Å². The zero-order valence-electron chi connectivity index (χ0n) is 11.4. The summed E-state index contributed by atoms with van der Waals surface area (Å²) in [6.07, 6.45) is -3.50. The molecule has 1 aromatic carbocycles. The summed E-state index contributed by atoms with van der Waals surface area (Å²) in [6.45, 7) is -0.886. The van der Waals surface area contributed by atoms with E-state index in [4.69, 9.17) is 11.5 Å². The summed E-state index contributed by atoms with van der Waals surface area (Å²) >= 11 is 6.44. The molecule has 0 aromatic heterocycles. The number of nitrogens with two attached hydrogens (primary N) is 2. The van der Waals surface area contributed by atoms with Gasteiger partial charge in [0, 0.05) is 9.13 Å². The summed E-state index contributed by atoms with van der Waals surface area (Å²) in [5.41, 5.74) is 8.42. The van der Waals surface area contributed by atoms with Gasteiger partial charge in [0.1, 0.15) is 23.2 Å². The number of hydrogen-bond donors (Lipinski definition) is 6. The molecule has 8 N–H and O–H groups in total. The third kappa shape index (κ3) is 3.62. The van der Waals surface area contributed by atoms with Gasteiger partial charge < -0.3 is 31.9 Å². The smallest absolute Gasteiger partial charge is 0.191 e. The largest absolute Gasteiger partial charge is 0.394 e. The molecule has 22 heavy (non-hydrogen) atoms. The summed E-state index contributed by atoms with van der Waals surface area (Å²) in [5.74, 6) is -1.10. The van der Waals surface area contributed by atoms with Gasteiger partial charge in [0.15, 0.2) is 11.4 Å². The van der Waals surface area contributed by atoms with E-state index in [9.17, 15) is 25.2 Å². The molecule has 1 unspecified atom stereocenters. The van der Waals surface area contributed by atoms with Crippen molar-refractivity contribution in [1.82, 2.24) is 0 Å². The highest BCUT2D eigenvalue weighted by Gasteiger charge is 2.49. The molecule has 122 valence electrons. The normalized spacial score (nSPS) is 18.1. The van der Waals surface area contributed by atoms with Gasteiger partial charge in [-0.2, -0.15) is 0 Å². The van der Waals surface area contributed by atoms with Gasteiger partial charge in [0.05, 0.1) is 6.61 Å². The number of rotatable bonds is 7. The van der Waals surface area contributed by atoms with Gasteiger partial charge in [-0.15, -0.1) is 0 Å². The third-order valence-corrected chi connectivity index (χ3v) is 4.43. The molecule has 0 aliphatic heterocycles. The lowest BCUT2D eigenvalue weighted by Crippen LogP contribution is -2.59. The van der Waals surface area contributed by atoms with E-state index in [1.165, 1.54) is 6.07 Å². The zero-order valence-corrected chi connectivity index (χ0v) is 14.4. The molecule has 0 aliphatic carbocycles. The molecule has 4 atom stereocenters. The number of carbonyl (C=O) groups excluding carboxylic acids is 1. The Labute approximate surface area is 146 Å². The SMILES string of the molecule is NC(=S)C(O)[C@H](N)C(=O)[C@@](O)(c1ccccc1I)[C@H](O)CO. The number of benzene rings is 1. The van der Waals surface area contributed by atoms with Crippen molar-refractivity contribution < 1.29 is 25.2 Å². The monoisotopic (exact) mass is 440 g/mol. The fourth-order valence-electron chi connectivity index (χ4n) is 1.95. The molecular weight excluding hydrogens is 423 g/mol. The summed E-state index contributed by atoms with van der Waals surface area (Å²) in [5, 5.41) is 39.6. The van der Waals surface area contributed by atoms with Crippen molar-refractivity contribution in [3.05, 3.63) is 33.4 Å². The fraction of sp³-hybridized carbons (Fsp3) is 0.385. The molecular formula is C13H17IN2O5S. The van der Waals surface area contributed by atoms with Gasteiger partial charge in [0.2, 0.25) is 0 Å². The summed E-state index contributed by atoms with van der Waals surface area (Å²) < 4.78 is 0.473. The summed E-state index contributed by atoms with van der Waals surface area (Å²) in [4.78, 5) is 12.1. The number of carbonyl (C=O) groups is 1. The first-order valence-electron chi connectivity index (χ1n) is 6.21. The van der Waals surface area contributed by atoms with E-state index in [2.05, 4.69) is 12.2 Å². The molecule has 0 heterocycles. The Balaban J connectivity index is 3.38. The number of aliphatic hydroxyl groups is 4. The average molecular weight is 440 g/mol. The van der Waals surface area contributed by atoms with Crippen LogP contribution in [-0.2, 0) is 10.4 Å². The van der Waals surface area contributed by atoms with E-state index in [1.807, 2.05) is 22.6 Å². The fourth-order valence-corrected chi connectivity index (χ4v) is 2.90. The minimum atomic E-state index is -2.50. The summed E-state index contributed by atoms with van der Waals surface area (Å²) in [6, 6.07) is 4.59. The van der Waals surface area contributed by atoms with Crippen molar-refractivity contribution >= 4 is 45.6 Å². The molecule has 0 amide bonds. The number of halogens is 1. The highest BCUT2D eigenvalue weighted by molar-refractivity contribution is 14.1. The molecule has 1 aromatic rings. The Morgan fingerprint density at radius 3 is 2.36 bits per heavy atom. The molecule has 1 rings (SSSR count). The Morgan fingerprint density at radius 1 is 1.36 bits per heavy atom. The van der Waals surface area contributed by atoms with Crippen LogP contribution in [0.5, 0.6) is 0 Å². The maximum atomic E-state index is 12.5. The van der Waals surface area contributed by atoms with E-state index in [-0.39, 0.29) is 5.56 Å². The summed E-state index contributed by atoms with van der Waals surface area (Å²) in [7, 11) is 0. The average Bonchev–Trinajstić information content (AvgIpc) is 2.51. The van der Waals surface area contributed by atoms with Crippen molar-refractivity contribution in [2.24, 2.45) is 11.5 Å². The number of hydrogen-bond acceptors (Lipinski definition) is 7. The van der Waals surface area contributed by atoms with Crippen molar-refractivity contribution in [2.45, 2.75) is 23.9 Å². The van der Waals surface area contributed by atoms with E-state index in [1.54, 1.807) is 18.2 Å². The first-order chi connectivity index (χ1) is 10.2. The van der Waals surface area contributed by atoms with Crippen molar-refractivity contribution in [3.63, 3.8) is 0 Å². The number of thiocarbonyl (C=S) groups is 1.